The molecule has 1 aromatic heterocycles. The van der Waals surface area contributed by atoms with Crippen molar-refractivity contribution in [3.63, 3.8) is 0 Å². The Kier molecular flexibility index (Phi) is 3.16. The summed E-state index contributed by atoms with van der Waals surface area (Å²) in [5, 5.41) is 14.9. The van der Waals surface area contributed by atoms with Crippen LogP contribution in [-0.4, -0.2) is 56.6 Å². The average Bonchev–Trinajstić information content (AvgIpc) is 2.68. The maximum Gasteiger partial charge on any atom is 0.350 e. The Labute approximate surface area is 114 Å². The molecule has 2 heterocycles. The number of rotatable bonds is 4. The van der Waals surface area contributed by atoms with Crippen LogP contribution < -0.4 is 4.74 Å². The molecule has 0 saturated carbocycles. The lowest BCUT2D eigenvalue weighted by Crippen LogP contribution is -2.56. The Morgan fingerprint density at radius 2 is 2.26 bits per heavy atom. The predicted octanol–water partition coefficient (Wildman–Crippen LogP) is -2.19. The van der Waals surface area contributed by atoms with Crippen molar-refractivity contribution >= 4 is 29.2 Å². The summed E-state index contributed by atoms with van der Waals surface area (Å²) in [5.74, 6) is 0.0568. The van der Waals surface area contributed by atoms with Crippen molar-refractivity contribution in [1.29, 1.82) is 0 Å². The molecule has 0 aliphatic carbocycles. The summed E-state index contributed by atoms with van der Waals surface area (Å²) in [4.78, 5) is 10.6. The highest BCUT2D eigenvalue weighted by Crippen LogP contribution is 2.33. The fourth-order valence-electron chi connectivity index (χ4n) is 1.70. The molecular formula is C9H16B3N3O4. The minimum atomic E-state index is -0.475. The molecule has 1 saturated heterocycles. The summed E-state index contributed by atoms with van der Waals surface area (Å²) in [6.45, 7) is 4.19. The molecule has 1 aliphatic heterocycles. The van der Waals surface area contributed by atoms with Crippen LogP contribution in [0.4, 0.5) is 5.69 Å². The minimum absolute atomic E-state index is 0.0568. The number of nitrogens with zero attached hydrogens (tertiary/aromatic N) is 3. The molecule has 0 spiro atoms. The smallest absolute Gasteiger partial charge is 0.350 e. The zero-order chi connectivity index (χ0) is 14.4. The molecule has 100 valence electrons. The topological polar surface area (TPSA) is 79.4 Å². The fourth-order valence-corrected chi connectivity index (χ4v) is 1.70. The van der Waals surface area contributed by atoms with Crippen molar-refractivity contribution in [1.82, 2.24) is 9.78 Å². The number of aromatic nitrogens is 2. The number of hydrogen-bond acceptors (Lipinski definition) is 5. The number of ether oxygens (including phenoxy) is 2. The van der Waals surface area contributed by atoms with Gasteiger partial charge in [0.25, 0.3) is 0 Å². The lowest BCUT2D eigenvalue weighted by Gasteiger charge is -2.42. The van der Waals surface area contributed by atoms with Crippen LogP contribution >= 0.6 is 0 Å². The molecule has 1 aliphatic rings. The summed E-state index contributed by atoms with van der Waals surface area (Å²) in [6, 6.07) is 0. The second kappa shape index (κ2) is 4.30. The van der Waals surface area contributed by atoms with Crippen LogP contribution in [0.2, 0.25) is 0 Å². The Bertz CT molecular complexity index is 511. The van der Waals surface area contributed by atoms with Gasteiger partial charge in [-0.2, -0.15) is 0 Å². The van der Waals surface area contributed by atoms with Crippen LogP contribution in [-0.2, 0) is 9.97 Å². The summed E-state index contributed by atoms with van der Waals surface area (Å²) in [6.07, 6.45) is 1.19. The largest absolute Gasteiger partial charge is 0.463 e. The Balaban J connectivity index is 2.29. The molecule has 1 fully saturated rings. The van der Waals surface area contributed by atoms with Crippen LogP contribution in [0.15, 0.2) is 6.20 Å². The predicted molar refractivity (Wildman–Crippen MR) is 76.9 cm³/mol. The SMILES string of the molecule is BC(B)(B)n1cc([N+](=O)[O-])c(OC2COC2(C)C)n1. The van der Waals surface area contributed by atoms with Gasteiger partial charge in [-0.15, -0.1) is 5.10 Å². The van der Waals surface area contributed by atoms with Crippen molar-refractivity contribution in [2.24, 2.45) is 0 Å². The number of hydrogen-bond donors (Lipinski definition) is 0. The van der Waals surface area contributed by atoms with E-state index in [1.807, 2.05) is 37.4 Å². The molecule has 0 bridgehead atoms. The van der Waals surface area contributed by atoms with Crippen LogP contribution in [0.5, 0.6) is 5.88 Å². The molecular weight excluding hydrogens is 247 g/mol. The molecule has 0 aromatic carbocycles. The van der Waals surface area contributed by atoms with E-state index >= 15 is 0 Å². The molecule has 0 amide bonds. The van der Waals surface area contributed by atoms with Crippen LogP contribution in [0, 0.1) is 10.1 Å². The van der Waals surface area contributed by atoms with Gasteiger partial charge < -0.3 is 9.47 Å². The van der Waals surface area contributed by atoms with E-state index in [9.17, 15) is 10.1 Å². The standard InChI is InChI=1S/C9H16B3N3O4/c1-8(2)6(4-18-8)19-7-5(15(16)17)3-14(13-7)9(10,11)12/h3,6H,4,10-12H2,1-2H3. The van der Waals surface area contributed by atoms with Gasteiger partial charge in [-0.05, 0) is 19.1 Å². The van der Waals surface area contributed by atoms with Gasteiger partial charge in [0.05, 0.1) is 11.5 Å². The summed E-state index contributed by atoms with van der Waals surface area (Å²) >= 11 is 0. The first kappa shape index (κ1) is 14.0. The first-order valence-electron chi connectivity index (χ1n) is 6.16. The van der Waals surface area contributed by atoms with Crippen LogP contribution in [0.1, 0.15) is 13.8 Å². The highest BCUT2D eigenvalue weighted by molar-refractivity contribution is 6.56. The average molecular weight is 263 g/mol. The third-order valence-corrected chi connectivity index (χ3v) is 3.18. The molecule has 1 atom stereocenters. The zero-order valence-corrected chi connectivity index (χ0v) is 11.8. The summed E-state index contributed by atoms with van der Waals surface area (Å²) in [5.41, 5.74) is -0.544. The van der Waals surface area contributed by atoms with Gasteiger partial charge in [0.15, 0.2) is 6.10 Å². The van der Waals surface area contributed by atoms with E-state index in [4.69, 9.17) is 9.47 Å². The molecule has 19 heavy (non-hydrogen) atoms. The van der Waals surface area contributed by atoms with Crippen LogP contribution in [0.3, 0.4) is 0 Å². The molecule has 1 aromatic rings. The van der Waals surface area contributed by atoms with E-state index in [-0.39, 0.29) is 22.9 Å². The van der Waals surface area contributed by atoms with Crippen molar-refractivity contribution in [3.05, 3.63) is 16.3 Å². The molecule has 2 rings (SSSR count). The molecule has 1 unspecified atom stereocenters. The maximum absolute atomic E-state index is 11.1. The van der Waals surface area contributed by atoms with Gasteiger partial charge in [-0.3, -0.25) is 14.8 Å². The van der Waals surface area contributed by atoms with Gasteiger partial charge in [0.1, 0.15) is 35.3 Å². The van der Waals surface area contributed by atoms with Crippen molar-refractivity contribution < 1.29 is 14.4 Å². The molecule has 0 radical (unpaired) electrons. The fraction of sp³-hybridized carbons (Fsp3) is 0.667. The molecule has 7 nitrogen and oxygen atoms in total. The Morgan fingerprint density at radius 1 is 1.63 bits per heavy atom. The van der Waals surface area contributed by atoms with Gasteiger partial charge in [-0.25, -0.2) is 0 Å². The first-order valence-corrected chi connectivity index (χ1v) is 6.16. The third-order valence-electron chi connectivity index (χ3n) is 3.18. The molecule has 0 N–H and O–H groups in total. The maximum atomic E-state index is 11.1. The van der Waals surface area contributed by atoms with E-state index in [0.29, 0.717) is 6.61 Å². The lowest BCUT2D eigenvalue weighted by atomic mass is 9.49. The van der Waals surface area contributed by atoms with Crippen LogP contribution in [0.25, 0.3) is 0 Å². The van der Waals surface area contributed by atoms with Crippen molar-refractivity contribution in [3.8, 4) is 5.88 Å². The van der Waals surface area contributed by atoms with E-state index in [0.717, 1.165) is 0 Å². The Hall–Kier alpha value is -1.44. The van der Waals surface area contributed by atoms with Gasteiger partial charge in [-0.1, -0.05) is 0 Å². The number of nitro groups is 1. The van der Waals surface area contributed by atoms with E-state index in [1.165, 1.54) is 6.20 Å². The minimum Gasteiger partial charge on any atom is -0.463 e. The highest BCUT2D eigenvalue weighted by Gasteiger charge is 2.44. The lowest BCUT2D eigenvalue weighted by molar-refractivity contribution is -0.386. The Morgan fingerprint density at radius 3 is 2.63 bits per heavy atom. The van der Waals surface area contributed by atoms with E-state index in [1.54, 1.807) is 4.68 Å². The molecule has 10 heteroatoms. The van der Waals surface area contributed by atoms with Crippen molar-refractivity contribution in [2.75, 3.05) is 6.61 Å². The highest BCUT2D eigenvalue weighted by atomic mass is 16.6. The second-order valence-corrected chi connectivity index (χ2v) is 6.21. The zero-order valence-electron chi connectivity index (χ0n) is 11.8. The second-order valence-electron chi connectivity index (χ2n) is 6.21. The van der Waals surface area contributed by atoms with Gasteiger partial charge in [0, 0.05) is 0 Å². The summed E-state index contributed by atoms with van der Waals surface area (Å²) in [7, 11) is 5.76. The van der Waals surface area contributed by atoms with E-state index in [2.05, 4.69) is 5.10 Å². The van der Waals surface area contributed by atoms with Gasteiger partial charge >= 0.3 is 11.6 Å². The monoisotopic (exact) mass is 263 g/mol. The van der Waals surface area contributed by atoms with Crippen molar-refractivity contribution in [2.45, 2.75) is 30.8 Å². The third kappa shape index (κ3) is 2.63. The quantitative estimate of drug-likeness (QED) is 0.350. The first-order chi connectivity index (χ1) is 8.61. The van der Waals surface area contributed by atoms with E-state index < -0.39 is 10.5 Å². The summed E-state index contributed by atoms with van der Waals surface area (Å²) < 4.78 is 12.5. The normalized spacial score (nSPS) is 21.7. The van der Waals surface area contributed by atoms with Gasteiger partial charge in [0.2, 0.25) is 0 Å².